The van der Waals surface area contributed by atoms with E-state index in [4.69, 9.17) is 14.2 Å². The van der Waals surface area contributed by atoms with E-state index in [0.29, 0.717) is 30.3 Å². The summed E-state index contributed by atoms with van der Waals surface area (Å²) < 4.78 is 15.8. The third-order valence-electron chi connectivity index (χ3n) is 2.18. The van der Waals surface area contributed by atoms with Gasteiger partial charge in [0.15, 0.2) is 6.29 Å². The summed E-state index contributed by atoms with van der Waals surface area (Å²) >= 11 is 0. The summed E-state index contributed by atoms with van der Waals surface area (Å²) in [5.41, 5.74) is 0.486. The largest absolute Gasteiger partial charge is 0.497 e. The first-order chi connectivity index (χ1) is 8.31. The average molecular weight is 238 g/mol. The molecule has 0 aliphatic rings. The molecule has 4 heteroatoms. The van der Waals surface area contributed by atoms with Gasteiger partial charge >= 0.3 is 0 Å². The molecule has 0 saturated carbocycles. The van der Waals surface area contributed by atoms with Gasteiger partial charge in [0, 0.05) is 6.61 Å². The van der Waals surface area contributed by atoms with Gasteiger partial charge in [-0.15, -0.1) is 0 Å². The molecule has 0 unspecified atom stereocenters. The Morgan fingerprint density at radius 3 is 2.71 bits per heavy atom. The summed E-state index contributed by atoms with van der Waals surface area (Å²) in [6, 6.07) is 5.13. The third kappa shape index (κ3) is 4.44. The van der Waals surface area contributed by atoms with Gasteiger partial charge in [-0.05, 0) is 24.6 Å². The molecular weight excluding hydrogens is 220 g/mol. The standard InChI is InChI=1S/C13H18O4/c1-3-6-16-7-8-17-13-5-4-12(15-2)9-11(13)10-14/h4-5,9-10H,3,6-8H2,1-2H3. The Balaban J connectivity index is 2.49. The Hall–Kier alpha value is -1.55. The van der Waals surface area contributed by atoms with Crippen molar-refractivity contribution in [2.45, 2.75) is 13.3 Å². The van der Waals surface area contributed by atoms with Gasteiger partial charge in [0.05, 0.1) is 19.3 Å². The molecule has 0 bridgehead atoms. The highest BCUT2D eigenvalue weighted by atomic mass is 16.5. The molecule has 0 aliphatic carbocycles. The number of benzene rings is 1. The Morgan fingerprint density at radius 1 is 1.24 bits per heavy atom. The van der Waals surface area contributed by atoms with Gasteiger partial charge in [0.2, 0.25) is 0 Å². The van der Waals surface area contributed by atoms with Gasteiger partial charge in [-0.1, -0.05) is 6.92 Å². The van der Waals surface area contributed by atoms with Crippen LogP contribution >= 0.6 is 0 Å². The van der Waals surface area contributed by atoms with Gasteiger partial charge in [0.25, 0.3) is 0 Å². The number of carbonyl (C=O) groups excluding carboxylic acids is 1. The van der Waals surface area contributed by atoms with Crippen molar-refractivity contribution >= 4 is 6.29 Å². The van der Waals surface area contributed by atoms with Crippen molar-refractivity contribution in [2.24, 2.45) is 0 Å². The summed E-state index contributed by atoms with van der Waals surface area (Å²) in [6.07, 6.45) is 1.74. The van der Waals surface area contributed by atoms with Crippen LogP contribution in [0.2, 0.25) is 0 Å². The first-order valence-corrected chi connectivity index (χ1v) is 5.65. The average Bonchev–Trinajstić information content (AvgIpc) is 2.38. The molecule has 0 saturated heterocycles. The molecule has 0 radical (unpaired) electrons. The minimum absolute atomic E-state index is 0.438. The van der Waals surface area contributed by atoms with E-state index in [1.165, 1.54) is 0 Å². The monoisotopic (exact) mass is 238 g/mol. The fourth-order valence-corrected chi connectivity index (χ4v) is 1.33. The van der Waals surface area contributed by atoms with Crippen LogP contribution in [0.25, 0.3) is 0 Å². The van der Waals surface area contributed by atoms with Gasteiger partial charge in [-0.25, -0.2) is 0 Å². The second-order valence-corrected chi connectivity index (χ2v) is 3.48. The minimum atomic E-state index is 0.438. The van der Waals surface area contributed by atoms with Crippen LogP contribution in [0.1, 0.15) is 23.7 Å². The number of rotatable bonds is 8. The van der Waals surface area contributed by atoms with E-state index in [9.17, 15) is 4.79 Å². The van der Waals surface area contributed by atoms with E-state index in [2.05, 4.69) is 6.92 Å². The second-order valence-electron chi connectivity index (χ2n) is 3.48. The molecule has 4 nitrogen and oxygen atoms in total. The quantitative estimate of drug-likeness (QED) is 0.515. The Kier molecular flexibility index (Phi) is 6.10. The molecule has 0 spiro atoms. The second kappa shape index (κ2) is 7.68. The van der Waals surface area contributed by atoms with E-state index in [1.807, 2.05) is 0 Å². The van der Waals surface area contributed by atoms with Gasteiger partial charge in [0.1, 0.15) is 18.1 Å². The number of aldehydes is 1. The molecule has 1 aromatic carbocycles. The smallest absolute Gasteiger partial charge is 0.153 e. The molecule has 17 heavy (non-hydrogen) atoms. The van der Waals surface area contributed by atoms with E-state index >= 15 is 0 Å². The summed E-state index contributed by atoms with van der Waals surface area (Å²) in [4.78, 5) is 10.9. The zero-order valence-corrected chi connectivity index (χ0v) is 10.3. The SMILES string of the molecule is CCCOCCOc1ccc(OC)cc1C=O. The highest BCUT2D eigenvalue weighted by Crippen LogP contribution is 2.22. The highest BCUT2D eigenvalue weighted by molar-refractivity contribution is 5.80. The van der Waals surface area contributed by atoms with E-state index in [0.717, 1.165) is 19.3 Å². The number of ether oxygens (including phenoxy) is 3. The van der Waals surface area contributed by atoms with E-state index in [-0.39, 0.29) is 0 Å². The predicted molar refractivity (Wildman–Crippen MR) is 65.0 cm³/mol. The molecule has 0 aromatic heterocycles. The Morgan fingerprint density at radius 2 is 2.06 bits per heavy atom. The Bertz CT molecular complexity index is 349. The van der Waals surface area contributed by atoms with Crippen molar-refractivity contribution in [2.75, 3.05) is 26.9 Å². The lowest BCUT2D eigenvalue weighted by atomic mass is 10.2. The van der Waals surface area contributed by atoms with Crippen LogP contribution < -0.4 is 9.47 Å². The lowest BCUT2D eigenvalue weighted by molar-refractivity contribution is 0.0991. The van der Waals surface area contributed by atoms with E-state index in [1.54, 1.807) is 25.3 Å². The van der Waals surface area contributed by atoms with Gasteiger partial charge in [-0.3, -0.25) is 4.79 Å². The summed E-state index contributed by atoms with van der Waals surface area (Å²) in [7, 11) is 1.56. The molecule has 94 valence electrons. The van der Waals surface area contributed by atoms with Crippen LogP contribution in [0.4, 0.5) is 0 Å². The fourth-order valence-electron chi connectivity index (χ4n) is 1.33. The van der Waals surface area contributed by atoms with Crippen LogP contribution in [0.5, 0.6) is 11.5 Å². The lowest BCUT2D eigenvalue weighted by Crippen LogP contribution is -2.08. The summed E-state index contributed by atoms with van der Waals surface area (Å²) in [5, 5.41) is 0. The normalized spacial score (nSPS) is 10.0. The topological polar surface area (TPSA) is 44.8 Å². The van der Waals surface area contributed by atoms with Gasteiger partial charge < -0.3 is 14.2 Å². The number of methoxy groups -OCH3 is 1. The molecule has 1 aromatic rings. The van der Waals surface area contributed by atoms with Crippen molar-refractivity contribution in [1.82, 2.24) is 0 Å². The number of hydrogen-bond acceptors (Lipinski definition) is 4. The van der Waals surface area contributed by atoms with E-state index < -0.39 is 0 Å². The maximum Gasteiger partial charge on any atom is 0.153 e. The van der Waals surface area contributed by atoms with Crippen LogP contribution in [-0.4, -0.2) is 33.2 Å². The zero-order chi connectivity index (χ0) is 12.5. The first kappa shape index (κ1) is 13.5. The molecule has 0 N–H and O–H groups in total. The van der Waals surface area contributed by atoms with Gasteiger partial charge in [-0.2, -0.15) is 0 Å². The molecule has 0 amide bonds. The minimum Gasteiger partial charge on any atom is -0.497 e. The van der Waals surface area contributed by atoms with Crippen molar-refractivity contribution < 1.29 is 19.0 Å². The van der Waals surface area contributed by atoms with Crippen molar-refractivity contribution in [3.63, 3.8) is 0 Å². The summed E-state index contributed by atoms with van der Waals surface area (Å²) in [6.45, 7) is 3.74. The lowest BCUT2D eigenvalue weighted by Gasteiger charge is -2.09. The molecule has 0 fully saturated rings. The van der Waals surface area contributed by atoms with Crippen LogP contribution in [0.3, 0.4) is 0 Å². The molecular formula is C13H18O4. The predicted octanol–water partition coefficient (Wildman–Crippen LogP) is 2.31. The van der Waals surface area contributed by atoms with Crippen molar-refractivity contribution in [3.05, 3.63) is 23.8 Å². The molecule has 1 rings (SSSR count). The highest BCUT2D eigenvalue weighted by Gasteiger charge is 2.04. The van der Waals surface area contributed by atoms with Crippen molar-refractivity contribution in [3.8, 4) is 11.5 Å². The third-order valence-corrected chi connectivity index (χ3v) is 2.18. The number of carbonyl (C=O) groups is 1. The maximum atomic E-state index is 10.9. The Labute approximate surface area is 101 Å². The maximum absolute atomic E-state index is 10.9. The molecule has 0 atom stereocenters. The van der Waals surface area contributed by atoms with Crippen molar-refractivity contribution in [1.29, 1.82) is 0 Å². The molecule has 0 heterocycles. The molecule has 0 aliphatic heterocycles. The summed E-state index contributed by atoms with van der Waals surface area (Å²) in [5.74, 6) is 1.20. The van der Waals surface area contributed by atoms with Crippen LogP contribution in [-0.2, 0) is 4.74 Å². The van der Waals surface area contributed by atoms with Crippen LogP contribution in [0.15, 0.2) is 18.2 Å². The van der Waals surface area contributed by atoms with Crippen LogP contribution in [0, 0.1) is 0 Å². The zero-order valence-electron chi connectivity index (χ0n) is 10.3. The fraction of sp³-hybridized carbons (Fsp3) is 0.462. The number of hydrogen-bond donors (Lipinski definition) is 0. The first-order valence-electron chi connectivity index (χ1n) is 5.65.